The van der Waals surface area contributed by atoms with Gasteiger partial charge in [-0.1, -0.05) is 6.07 Å². The molecule has 3 rings (SSSR count). The first kappa shape index (κ1) is 20.6. The molecule has 0 aliphatic rings. The van der Waals surface area contributed by atoms with E-state index in [4.69, 9.17) is 4.98 Å². The second-order valence-corrected chi connectivity index (χ2v) is 10.2. The minimum Gasteiger partial charge on any atom is -0.598 e. The minimum atomic E-state index is -1.24. The van der Waals surface area contributed by atoms with Crippen LogP contribution in [0, 0.1) is 6.92 Å². The van der Waals surface area contributed by atoms with E-state index in [-0.39, 0.29) is 11.6 Å². The Kier molecular flexibility index (Phi) is 5.40. The van der Waals surface area contributed by atoms with Crippen molar-refractivity contribution in [1.82, 2.24) is 23.8 Å². The summed E-state index contributed by atoms with van der Waals surface area (Å²) in [6.07, 6.45) is 3.51. The summed E-state index contributed by atoms with van der Waals surface area (Å²) in [5.41, 5.74) is 2.93. The quantitative estimate of drug-likeness (QED) is 0.679. The molecule has 1 aromatic carbocycles. The molecule has 0 fully saturated rings. The van der Waals surface area contributed by atoms with Gasteiger partial charge in [0.25, 0.3) is 5.56 Å². The van der Waals surface area contributed by atoms with Crippen LogP contribution in [-0.4, -0.2) is 28.4 Å². The Morgan fingerprint density at radius 3 is 2.50 bits per heavy atom. The van der Waals surface area contributed by atoms with Gasteiger partial charge in [-0.3, -0.25) is 9.36 Å². The molecule has 1 unspecified atom stereocenters. The Hall–Kier alpha value is -2.16. The third-order valence-electron chi connectivity index (χ3n) is 4.59. The van der Waals surface area contributed by atoms with Crippen LogP contribution in [-0.2, 0) is 25.5 Å². The van der Waals surface area contributed by atoms with Crippen LogP contribution in [0.4, 0.5) is 0 Å². The van der Waals surface area contributed by atoms with Crippen LogP contribution in [0.15, 0.2) is 29.5 Å². The summed E-state index contributed by atoms with van der Waals surface area (Å²) in [5.74, 6) is 0.507. The van der Waals surface area contributed by atoms with Crippen molar-refractivity contribution in [3.05, 3.63) is 46.1 Å². The van der Waals surface area contributed by atoms with E-state index in [0.29, 0.717) is 22.4 Å². The van der Waals surface area contributed by atoms with E-state index >= 15 is 0 Å². The smallest absolute Gasteiger partial charge is 0.261 e. The molecule has 0 saturated carbocycles. The third-order valence-corrected chi connectivity index (χ3v) is 6.27. The number of imidazole rings is 1. The van der Waals surface area contributed by atoms with Crippen molar-refractivity contribution in [3.8, 4) is 11.5 Å². The average molecular weight is 402 g/mol. The number of aromatic nitrogens is 4. The minimum absolute atomic E-state index is 0.125. The Bertz CT molecular complexity index is 1080. The van der Waals surface area contributed by atoms with Crippen LogP contribution >= 0.6 is 0 Å². The lowest BCUT2D eigenvalue weighted by molar-refractivity contribution is 0.531. The summed E-state index contributed by atoms with van der Waals surface area (Å²) in [5, 5.41) is 0.548. The lowest BCUT2D eigenvalue weighted by Crippen LogP contribution is -2.40. The Labute approximate surface area is 168 Å². The highest BCUT2D eigenvalue weighted by Crippen LogP contribution is 2.27. The van der Waals surface area contributed by atoms with Gasteiger partial charge in [0.15, 0.2) is 5.82 Å². The highest BCUT2D eigenvalue weighted by atomic mass is 32.2. The first-order valence-electron chi connectivity index (χ1n) is 9.16. The van der Waals surface area contributed by atoms with Crippen LogP contribution in [0.3, 0.4) is 0 Å². The van der Waals surface area contributed by atoms with Crippen molar-refractivity contribution in [2.45, 2.75) is 45.4 Å². The maximum absolute atomic E-state index is 13.0. The van der Waals surface area contributed by atoms with Gasteiger partial charge in [-0.25, -0.2) is 9.97 Å². The molecule has 2 atom stereocenters. The SMILES string of the molecule is Cc1cc(C(C)N[S@+]([O-])C(C)(C)C)c2nc(-c3cn(C)cn3)n(C)c(=O)c2c1. The molecule has 2 aromatic heterocycles. The molecular formula is C20H27N5O2S. The molecule has 7 nitrogen and oxygen atoms in total. The lowest BCUT2D eigenvalue weighted by Gasteiger charge is -2.27. The van der Waals surface area contributed by atoms with Crippen molar-refractivity contribution < 1.29 is 4.55 Å². The van der Waals surface area contributed by atoms with Gasteiger partial charge in [-0.2, -0.15) is 0 Å². The summed E-state index contributed by atoms with van der Waals surface area (Å²) >= 11 is -1.24. The number of benzene rings is 1. The van der Waals surface area contributed by atoms with E-state index in [2.05, 4.69) is 9.71 Å². The molecule has 0 amide bonds. The van der Waals surface area contributed by atoms with E-state index < -0.39 is 16.1 Å². The van der Waals surface area contributed by atoms with E-state index in [1.807, 2.05) is 64.6 Å². The average Bonchev–Trinajstić information content (AvgIpc) is 3.03. The highest BCUT2D eigenvalue weighted by Gasteiger charge is 2.29. The normalized spacial score (nSPS) is 14.4. The number of aryl methyl sites for hydroxylation is 2. The zero-order chi connectivity index (χ0) is 20.8. The summed E-state index contributed by atoms with van der Waals surface area (Å²) in [4.78, 5) is 22.2. The van der Waals surface area contributed by atoms with Gasteiger partial charge >= 0.3 is 0 Å². The van der Waals surface area contributed by atoms with Crippen molar-refractivity contribution in [2.75, 3.05) is 0 Å². The van der Waals surface area contributed by atoms with Gasteiger partial charge in [-0.15, -0.1) is 4.72 Å². The number of fused-ring (bicyclic) bond motifs is 1. The maximum Gasteiger partial charge on any atom is 0.261 e. The number of hydrogen-bond acceptors (Lipinski definition) is 5. The van der Waals surface area contributed by atoms with Crippen LogP contribution in [0.2, 0.25) is 0 Å². The molecule has 2 heterocycles. The molecule has 0 aliphatic heterocycles. The molecule has 8 heteroatoms. The summed E-state index contributed by atoms with van der Waals surface area (Å²) in [6.45, 7) is 9.65. The highest BCUT2D eigenvalue weighted by molar-refractivity contribution is 7.90. The largest absolute Gasteiger partial charge is 0.598 e. The number of rotatable bonds is 4. The van der Waals surface area contributed by atoms with Gasteiger partial charge in [0, 0.05) is 37.2 Å². The fourth-order valence-electron chi connectivity index (χ4n) is 3.04. The molecule has 0 spiro atoms. The summed E-state index contributed by atoms with van der Waals surface area (Å²) in [7, 11) is 3.58. The van der Waals surface area contributed by atoms with Gasteiger partial charge < -0.3 is 9.12 Å². The number of nitrogens with zero attached hydrogens (tertiary/aromatic N) is 4. The Morgan fingerprint density at radius 1 is 1.25 bits per heavy atom. The van der Waals surface area contributed by atoms with Crippen LogP contribution < -0.4 is 10.3 Å². The van der Waals surface area contributed by atoms with E-state index in [0.717, 1.165) is 11.1 Å². The predicted molar refractivity (Wildman–Crippen MR) is 113 cm³/mol. The molecule has 0 radical (unpaired) electrons. The van der Waals surface area contributed by atoms with Crippen LogP contribution in [0.1, 0.15) is 44.9 Å². The monoisotopic (exact) mass is 401 g/mol. The van der Waals surface area contributed by atoms with Crippen molar-refractivity contribution in [1.29, 1.82) is 0 Å². The maximum atomic E-state index is 13.0. The van der Waals surface area contributed by atoms with E-state index in [1.165, 1.54) is 4.57 Å². The summed E-state index contributed by atoms with van der Waals surface area (Å²) < 4.78 is 18.7. The molecule has 1 N–H and O–H groups in total. The van der Waals surface area contributed by atoms with Crippen LogP contribution in [0.5, 0.6) is 0 Å². The second-order valence-electron chi connectivity index (χ2n) is 8.19. The zero-order valence-electron chi connectivity index (χ0n) is 17.4. The predicted octanol–water partition coefficient (Wildman–Crippen LogP) is 2.76. The second kappa shape index (κ2) is 7.35. The van der Waals surface area contributed by atoms with Crippen molar-refractivity contribution in [3.63, 3.8) is 0 Å². The fourth-order valence-corrected chi connectivity index (χ4v) is 3.84. The molecule has 28 heavy (non-hydrogen) atoms. The van der Waals surface area contributed by atoms with Gasteiger partial charge in [0.2, 0.25) is 0 Å². The van der Waals surface area contributed by atoms with Gasteiger partial charge in [0.05, 0.1) is 23.3 Å². The van der Waals surface area contributed by atoms with Crippen molar-refractivity contribution >= 4 is 22.3 Å². The first-order chi connectivity index (χ1) is 13.0. The third kappa shape index (κ3) is 3.85. The number of hydrogen-bond donors (Lipinski definition) is 1. The molecule has 0 bridgehead atoms. The van der Waals surface area contributed by atoms with Gasteiger partial charge in [-0.05, 0) is 46.2 Å². The molecule has 3 aromatic rings. The molecule has 150 valence electrons. The topological polar surface area (TPSA) is 87.8 Å². The summed E-state index contributed by atoms with van der Waals surface area (Å²) in [6, 6.07) is 3.61. The lowest BCUT2D eigenvalue weighted by atomic mass is 10.0. The zero-order valence-corrected chi connectivity index (χ0v) is 18.2. The van der Waals surface area contributed by atoms with E-state index in [1.54, 1.807) is 13.4 Å². The van der Waals surface area contributed by atoms with Crippen molar-refractivity contribution in [2.24, 2.45) is 14.1 Å². The number of nitrogens with one attached hydrogen (secondary N) is 1. The Morgan fingerprint density at radius 2 is 1.93 bits per heavy atom. The van der Waals surface area contributed by atoms with Crippen LogP contribution in [0.25, 0.3) is 22.4 Å². The molecule has 0 saturated heterocycles. The molecular weight excluding hydrogens is 374 g/mol. The first-order valence-corrected chi connectivity index (χ1v) is 10.3. The standard InChI is InChI=1S/C20H27N5O2S/c1-12-8-14(13(2)23-28(27)20(3,4)5)17-15(9-12)19(26)25(7)18(22-17)16-10-24(6)11-21-16/h8-11,13,23H,1-7H3/t13?,28-/m1/s1. The van der Waals surface area contributed by atoms with E-state index in [9.17, 15) is 9.35 Å². The van der Waals surface area contributed by atoms with Gasteiger partial charge in [0.1, 0.15) is 10.4 Å². The molecule has 0 aliphatic carbocycles. The fraction of sp³-hybridized carbons (Fsp3) is 0.450. The Balaban J connectivity index is 2.20.